The maximum absolute atomic E-state index is 6.78. The minimum atomic E-state index is -1.91. The third kappa shape index (κ3) is 4.69. The number of halogens is 2. The van der Waals surface area contributed by atoms with Gasteiger partial charge in [0.05, 0.1) is 0 Å². The predicted molar refractivity (Wildman–Crippen MR) is 150 cm³/mol. The third-order valence-corrected chi connectivity index (χ3v) is 8.79. The topological polar surface area (TPSA) is 18.5 Å². The first-order valence-electron chi connectivity index (χ1n) is 10.8. The first-order valence-corrected chi connectivity index (χ1v) is 19.2. The minimum absolute atomic E-state index is 0.922. The molecule has 0 heterocycles. The van der Waals surface area contributed by atoms with E-state index in [0.717, 1.165) is 47.7 Å². The van der Waals surface area contributed by atoms with E-state index in [9.17, 15) is 0 Å². The van der Waals surface area contributed by atoms with Crippen LogP contribution >= 0.6 is 31.9 Å². The Balaban J connectivity index is 2.15. The summed E-state index contributed by atoms with van der Waals surface area (Å²) in [4.78, 5) is 0. The molecule has 0 amide bonds. The van der Waals surface area contributed by atoms with Gasteiger partial charge >= 0.3 is 0 Å². The first kappa shape index (κ1) is 23.5. The van der Waals surface area contributed by atoms with Crippen molar-refractivity contribution in [1.29, 1.82) is 0 Å². The summed E-state index contributed by atoms with van der Waals surface area (Å²) < 4.78 is 15.5. The molecule has 32 heavy (non-hydrogen) atoms. The summed E-state index contributed by atoms with van der Waals surface area (Å²) in [7, 11) is -3.79. The zero-order valence-corrected chi connectivity index (χ0v) is 24.5. The van der Waals surface area contributed by atoms with E-state index in [4.69, 9.17) is 8.85 Å². The molecule has 0 N–H and O–H groups in total. The lowest BCUT2D eigenvalue weighted by molar-refractivity contribution is 0.557. The fourth-order valence-corrected chi connectivity index (χ4v) is 6.65. The zero-order valence-electron chi connectivity index (χ0n) is 19.3. The Morgan fingerprint density at radius 1 is 0.562 bits per heavy atom. The monoisotopic (exact) mass is 586 g/mol. The van der Waals surface area contributed by atoms with Crippen LogP contribution in [0.15, 0.2) is 69.6 Å². The number of rotatable bonds is 5. The second-order valence-corrected chi connectivity index (χ2v) is 20.4. The van der Waals surface area contributed by atoms with Crippen LogP contribution in [0.25, 0.3) is 32.7 Å². The molecule has 0 unspecified atom stereocenters. The molecule has 0 saturated carbocycles. The van der Waals surface area contributed by atoms with Crippen molar-refractivity contribution in [1.82, 2.24) is 0 Å². The summed E-state index contributed by atoms with van der Waals surface area (Å²) in [5.41, 5.74) is 2.09. The van der Waals surface area contributed by atoms with Gasteiger partial charge in [0.1, 0.15) is 11.5 Å². The van der Waals surface area contributed by atoms with E-state index in [0.29, 0.717) is 0 Å². The van der Waals surface area contributed by atoms with Crippen LogP contribution in [0.3, 0.4) is 0 Å². The lowest BCUT2D eigenvalue weighted by Gasteiger charge is -2.28. The van der Waals surface area contributed by atoms with Crippen molar-refractivity contribution in [2.45, 2.75) is 39.3 Å². The van der Waals surface area contributed by atoms with Crippen molar-refractivity contribution >= 4 is 70.0 Å². The van der Waals surface area contributed by atoms with E-state index in [1.807, 2.05) is 0 Å². The summed E-state index contributed by atoms with van der Waals surface area (Å²) in [5.74, 6) is 1.86. The summed E-state index contributed by atoms with van der Waals surface area (Å²) >= 11 is 7.77. The van der Waals surface area contributed by atoms with Gasteiger partial charge in [-0.2, -0.15) is 0 Å². The van der Waals surface area contributed by atoms with Gasteiger partial charge in [-0.05, 0) is 82.6 Å². The Hall–Kier alpha value is -1.61. The van der Waals surface area contributed by atoms with Crippen molar-refractivity contribution in [3.63, 3.8) is 0 Å². The molecule has 2 nitrogen and oxygen atoms in total. The average Bonchev–Trinajstić information content (AvgIpc) is 2.71. The highest BCUT2D eigenvalue weighted by Gasteiger charge is 2.28. The Kier molecular flexibility index (Phi) is 6.35. The van der Waals surface area contributed by atoms with Crippen molar-refractivity contribution in [3.8, 4) is 22.6 Å². The largest absolute Gasteiger partial charge is 0.543 e. The van der Waals surface area contributed by atoms with Crippen molar-refractivity contribution < 1.29 is 8.85 Å². The molecule has 0 atom stereocenters. The van der Waals surface area contributed by atoms with Gasteiger partial charge in [-0.1, -0.05) is 54.6 Å². The van der Waals surface area contributed by atoms with Crippen LogP contribution in [-0.2, 0) is 0 Å². The van der Waals surface area contributed by atoms with Gasteiger partial charge in [0.2, 0.25) is 16.6 Å². The van der Waals surface area contributed by atoms with E-state index in [2.05, 4.69) is 132 Å². The molecule has 6 heteroatoms. The van der Waals surface area contributed by atoms with E-state index in [-0.39, 0.29) is 0 Å². The highest BCUT2D eigenvalue weighted by molar-refractivity contribution is 9.13. The molecule has 0 fully saturated rings. The lowest BCUT2D eigenvalue weighted by Crippen LogP contribution is -2.30. The first-order chi connectivity index (χ1) is 15.0. The van der Waals surface area contributed by atoms with Gasteiger partial charge in [-0.3, -0.25) is 0 Å². The molecule has 166 valence electrons. The smallest absolute Gasteiger partial charge is 0.242 e. The van der Waals surface area contributed by atoms with Gasteiger partial charge in [0.15, 0.2) is 0 Å². The molecule has 0 saturated heterocycles. The number of hydrogen-bond donors (Lipinski definition) is 0. The molecule has 0 bridgehead atoms. The third-order valence-electron chi connectivity index (χ3n) is 5.01. The summed E-state index contributed by atoms with van der Waals surface area (Å²) in [5, 5.41) is 4.53. The number of benzene rings is 4. The van der Waals surface area contributed by atoms with Crippen LogP contribution in [0.2, 0.25) is 39.3 Å². The predicted octanol–water partition coefficient (Wildman–Crippen LogP) is 9.61. The van der Waals surface area contributed by atoms with E-state index >= 15 is 0 Å². The Morgan fingerprint density at radius 3 is 1.72 bits per heavy atom. The Labute approximate surface area is 209 Å². The van der Waals surface area contributed by atoms with Gasteiger partial charge in [-0.25, -0.2) is 0 Å². The fourth-order valence-electron chi connectivity index (χ4n) is 3.84. The molecule has 4 aromatic rings. The summed E-state index contributed by atoms with van der Waals surface area (Å²) in [6.45, 7) is 13.3. The van der Waals surface area contributed by atoms with Crippen LogP contribution < -0.4 is 8.85 Å². The Morgan fingerprint density at radius 2 is 1.09 bits per heavy atom. The van der Waals surface area contributed by atoms with Gasteiger partial charge in [-0.15, -0.1) is 0 Å². The molecule has 4 aromatic carbocycles. The molecule has 0 aliphatic rings. The standard InChI is InChI=1S/C26H28Br2O2Si2/c1-31(2,3)29-25-18-12-8-7-11-17(18)15-16-21(25)22-24(28)23(27)19-13-9-10-14-20(19)26(22)30-32(4,5)6/h7-16H,1-6H3. The quantitative estimate of drug-likeness (QED) is 0.216. The molecule has 0 radical (unpaired) electrons. The zero-order chi connectivity index (χ0) is 23.3. The van der Waals surface area contributed by atoms with Crippen LogP contribution in [0.1, 0.15) is 0 Å². The fraction of sp³-hybridized carbons (Fsp3) is 0.231. The maximum Gasteiger partial charge on any atom is 0.242 e. The van der Waals surface area contributed by atoms with Crippen LogP contribution in [0.4, 0.5) is 0 Å². The minimum Gasteiger partial charge on any atom is -0.543 e. The van der Waals surface area contributed by atoms with Gasteiger partial charge in [0, 0.05) is 36.2 Å². The Bertz CT molecular complexity index is 1320. The van der Waals surface area contributed by atoms with Gasteiger partial charge in [0.25, 0.3) is 0 Å². The van der Waals surface area contributed by atoms with E-state index in [1.165, 1.54) is 5.39 Å². The molecule has 0 aliphatic heterocycles. The van der Waals surface area contributed by atoms with Crippen LogP contribution in [0, 0.1) is 0 Å². The highest BCUT2D eigenvalue weighted by atomic mass is 79.9. The summed E-state index contributed by atoms with van der Waals surface area (Å²) in [6, 6.07) is 21.2. The molecular weight excluding hydrogens is 560 g/mol. The summed E-state index contributed by atoms with van der Waals surface area (Å²) in [6.07, 6.45) is 0. The maximum atomic E-state index is 6.78. The normalized spacial score (nSPS) is 12.4. The lowest BCUT2D eigenvalue weighted by atomic mass is 9.96. The van der Waals surface area contributed by atoms with Crippen molar-refractivity contribution in [3.05, 3.63) is 69.6 Å². The highest BCUT2D eigenvalue weighted by Crippen LogP contribution is 2.51. The number of fused-ring (bicyclic) bond motifs is 2. The van der Waals surface area contributed by atoms with Crippen molar-refractivity contribution in [2.75, 3.05) is 0 Å². The molecule has 4 rings (SSSR count). The van der Waals surface area contributed by atoms with Crippen LogP contribution in [-0.4, -0.2) is 16.6 Å². The van der Waals surface area contributed by atoms with Crippen molar-refractivity contribution in [2.24, 2.45) is 0 Å². The van der Waals surface area contributed by atoms with Gasteiger partial charge < -0.3 is 8.85 Å². The second-order valence-electron chi connectivity index (χ2n) is 9.97. The van der Waals surface area contributed by atoms with E-state index in [1.54, 1.807) is 0 Å². The molecule has 0 aromatic heterocycles. The molecular formula is C26H28Br2O2Si2. The molecule has 0 aliphatic carbocycles. The molecule has 0 spiro atoms. The van der Waals surface area contributed by atoms with E-state index < -0.39 is 16.6 Å². The average molecular weight is 588 g/mol. The SMILES string of the molecule is C[Si](C)(C)Oc1c(-c2c(Br)c(Br)c3ccccc3c2O[Si](C)(C)C)ccc2ccccc12. The second kappa shape index (κ2) is 8.63. The number of hydrogen-bond acceptors (Lipinski definition) is 2. The van der Waals surface area contributed by atoms with Crippen LogP contribution in [0.5, 0.6) is 11.5 Å².